The molecular weight excluding hydrogens is 262 g/mol. The third-order valence-corrected chi connectivity index (χ3v) is 2.92. The van der Waals surface area contributed by atoms with E-state index in [1.807, 2.05) is 0 Å². The Morgan fingerprint density at radius 2 is 2.33 bits per heavy atom. The molecule has 1 heterocycles. The van der Waals surface area contributed by atoms with E-state index in [9.17, 15) is 13.6 Å². The summed E-state index contributed by atoms with van der Waals surface area (Å²) in [4.78, 5) is 17.0. The van der Waals surface area contributed by atoms with Crippen molar-refractivity contribution in [2.45, 2.75) is 11.5 Å². The van der Waals surface area contributed by atoms with Crippen LogP contribution in [0.4, 0.5) is 8.78 Å². The Labute approximate surface area is 108 Å². The van der Waals surface area contributed by atoms with Crippen LogP contribution < -0.4 is 0 Å². The monoisotopic (exact) mass is 276 g/mol. The van der Waals surface area contributed by atoms with Crippen LogP contribution in [0.2, 0.25) is 0 Å². The number of halogens is 2. The molecule has 0 aliphatic carbocycles. The van der Waals surface area contributed by atoms with Gasteiger partial charge < -0.3 is 10.0 Å². The Morgan fingerprint density at radius 3 is 2.89 bits per heavy atom. The molecule has 100 valence electrons. The zero-order chi connectivity index (χ0) is 13.5. The number of thioether (sulfide) groups is 1. The molecule has 7 heteroatoms. The van der Waals surface area contributed by atoms with Crippen LogP contribution in [0.1, 0.15) is 10.4 Å². The summed E-state index contributed by atoms with van der Waals surface area (Å²) >= 11 is 1.27. The fourth-order valence-corrected chi connectivity index (χ4v) is 1.99. The second-order valence-electron chi connectivity index (χ2n) is 3.43. The van der Waals surface area contributed by atoms with Crippen LogP contribution in [0.5, 0.6) is 0 Å². The number of nitrogens with zero attached hydrogens (tertiary/aromatic N) is 2. The molecule has 1 aromatic rings. The maximum atomic E-state index is 12.4. The molecule has 0 bridgehead atoms. The average Bonchev–Trinajstić information content (AvgIpc) is 2.37. The highest BCUT2D eigenvalue weighted by molar-refractivity contribution is 7.98. The van der Waals surface area contributed by atoms with Crippen molar-refractivity contribution in [2.75, 3.05) is 26.0 Å². The zero-order valence-corrected chi connectivity index (χ0v) is 10.7. The minimum atomic E-state index is -2.63. The van der Waals surface area contributed by atoms with Crippen molar-refractivity contribution < 1.29 is 18.7 Å². The number of carbonyl (C=O) groups excluding carboxylic acids is 1. The van der Waals surface area contributed by atoms with Gasteiger partial charge in [-0.05, 0) is 18.4 Å². The molecule has 0 atom stereocenters. The highest BCUT2D eigenvalue weighted by atomic mass is 32.2. The Kier molecular flexibility index (Phi) is 6.00. The smallest absolute Gasteiger partial charge is 0.256 e. The Morgan fingerprint density at radius 1 is 1.61 bits per heavy atom. The SMILES string of the molecule is CSc1ncccc1C(=O)N(CCO)CC(F)F. The fourth-order valence-electron chi connectivity index (χ4n) is 1.45. The molecule has 4 nitrogen and oxygen atoms in total. The third-order valence-electron chi connectivity index (χ3n) is 2.21. The number of aliphatic hydroxyl groups excluding tert-OH is 1. The molecular formula is C11H14F2N2O2S. The van der Waals surface area contributed by atoms with Crippen LogP contribution in [-0.4, -0.2) is 53.3 Å². The average molecular weight is 276 g/mol. The van der Waals surface area contributed by atoms with Gasteiger partial charge in [-0.1, -0.05) is 0 Å². The van der Waals surface area contributed by atoms with Gasteiger partial charge in [-0.25, -0.2) is 13.8 Å². The third kappa shape index (κ3) is 3.92. The molecule has 1 amide bonds. The predicted octanol–water partition coefficient (Wildman–Crippen LogP) is 1.50. The van der Waals surface area contributed by atoms with E-state index in [0.717, 1.165) is 4.90 Å². The molecule has 1 aromatic heterocycles. The quantitative estimate of drug-likeness (QED) is 0.800. The summed E-state index contributed by atoms with van der Waals surface area (Å²) in [5, 5.41) is 9.30. The van der Waals surface area contributed by atoms with Crippen molar-refractivity contribution >= 4 is 17.7 Å². The molecule has 0 aromatic carbocycles. The van der Waals surface area contributed by atoms with Crippen molar-refractivity contribution in [3.05, 3.63) is 23.9 Å². The minimum absolute atomic E-state index is 0.119. The van der Waals surface area contributed by atoms with Crippen molar-refractivity contribution in [3.63, 3.8) is 0 Å². The summed E-state index contributed by atoms with van der Waals surface area (Å²) in [6.07, 6.45) is 0.657. The number of hydrogen-bond donors (Lipinski definition) is 1. The van der Waals surface area contributed by atoms with E-state index in [2.05, 4.69) is 4.98 Å². The largest absolute Gasteiger partial charge is 0.395 e. The number of amides is 1. The van der Waals surface area contributed by atoms with Crippen molar-refractivity contribution in [2.24, 2.45) is 0 Å². The molecule has 18 heavy (non-hydrogen) atoms. The van der Waals surface area contributed by atoms with Gasteiger partial charge in [0.1, 0.15) is 5.03 Å². The number of aromatic nitrogens is 1. The summed E-state index contributed by atoms with van der Waals surface area (Å²) in [7, 11) is 0. The Balaban J connectivity index is 2.94. The topological polar surface area (TPSA) is 53.4 Å². The molecule has 1 rings (SSSR count). The van der Waals surface area contributed by atoms with Gasteiger partial charge in [-0.3, -0.25) is 4.79 Å². The normalized spacial score (nSPS) is 10.7. The van der Waals surface area contributed by atoms with Gasteiger partial charge in [0.15, 0.2) is 0 Å². The Hall–Kier alpha value is -1.21. The number of rotatable bonds is 6. The first-order valence-corrected chi connectivity index (χ1v) is 6.50. The highest BCUT2D eigenvalue weighted by Crippen LogP contribution is 2.19. The van der Waals surface area contributed by atoms with Gasteiger partial charge >= 0.3 is 0 Å². The van der Waals surface area contributed by atoms with Gasteiger partial charge in [0.05, 0.1) is 18.7 Å². The van der Waals surface area contributed by atoms with E-state index in [4.69, 9.17) is 5.11 Å². The second kappa shape index (κ2) is 7.27. The zero-order valence-electron chi connectivity index (χ0n) is 9.84. The molecule has 0 aliphatic rings. The van der Waals surface area contributed by atoms with Crippen LogP contribution in [0.15, 0.2) is 23.4 Å². The molecule has 0 radical (unpaired) electrons. The maximum absolute atomic E-state index is 12.4. The molecule has 0 saturated heterocycles. The van der Waals surface area contributed by atoms with Gasteiger partial charge in [0.2, 0.25) is 0 Å². The lowest BCUT2D eigenvalue weighted by Gasteiger charge is -2.21. The van der Waals surface area contributed by atoms with Crippen LogP contribution in [0, 0.1) is 0 Å². The van der Waals surface area contributed by atoms with E-state index < -0.39 is 18.9 Å². The number of pyridine rings is 1. The minimum Gasteiger partial charge on any atom is -0.395 e. The van der Waals surface area contributed by atoms with Gasteiger partial charge in [0.25, 0.3) is 12.3 Å². The molecule has 0 fully saturated rings. The lowest BCUT2D eigenvalue weighted by Crippen LogP contribution is -2.37. The van der Waals surface area contributed by atoms with E-state index in [-0.39, 0.29) is 18.7 Å². The van der Waals surface area contributed by atoms with Crippen molar-refractivity contribution in [1.82, 2.24) is 9.88 Å². The first-order valence-electron chi connectivity index (χ1n) is 5.27. The van der Waals surface area contributed by atoms with Crippen LogP contribution in [0.3, 0.4) is 0 Å². The highest BCUT2D eigenvalue weighted by Gasteiger charge is 2.21. The summed E-state index contributed by atoms with van der Waals surface area (Å²) in [5.41, 5.74) is 0.277. The first kappa shape index (κ1) is 14.8. The molecule has 0 unspecified atom stereocenters. The molecule has 0 saturated carbocycles. The van der Waals surface area contributed by atoms with Crippen molar-refractivity contribution in [3.8, 4) is 0 Å². The number of hydrogen-bond acceptors (Lipinski definition) is 4. The number of carbonyl (C=O) groups is 1. The fraction of sp³-hybridized carbons (Fsp3) is 0.455. The summed E-state index contributed by atoms with van der Waals surface area (Å²) < 4.78 is 24.7. The Bertz CT molecular complexity index is 404. The molecule has 0 aliphatic heterocycles. The van der Waals surface area contributed by atoms with Crippen LogP contribution in [0.25, 0.3) is 0 Å². The summed E-state index contributed by atoms with van der Waals surface area (Å²) in [5.74, 6) is -0.540. The lowest BCUT2D eigenvalue weighted by molar-refractivity contribution is 0.0505. The molecule has 0 spiro atoms. The van der Waals surface area contributed by atoms with Crippen molar-refractivity contribution in [1.29, 1.82) is 0 Å². The van der Waals surface area contributed by atoms with Gasteiger partial charge in [0, 0.05) is 12.7 Å². The van der Waals surface area contributed by atoms with Gasteiger partial charge in [-0.2, -0.15) is 0 Å². The summed E-state index contributed by atoms with van der Waals surface area (Å²) in [6, 6.07) is 3.11. The van der Waals surface area contributed by atoms with E-state index in [1.165, 1.54) is 24.0 Å². The maximum Gasteiger partial charge on any atom is 0.256 e. The van der Waals surface area contributed by atoms with Crippen LogP contribution >= 0.6 is 11.8 Å². The van der Waals surface area contributed by atoms with E-state index in [1.54, 1.807) is 12.3 Å². The second-order valence-corrected chi connectivity index (χ2v) is 4.22. The van der Waals surface area contributed by atoms with Gasteiger partial charge in [-0.15, -0.1) is 11.8 Å². The van der Waals surface area contributed by atoms with Crippen LogP contribution in [-0.2, 0) is 0 Å². The lowest BCUT2D eigenvalue weighted by atomic mass is 10.2. The number of aliphatic hydroxyl groups is 1. The molecule has 1 N–H and O–H groups in total. The summed E-state index contributed by atoms with van der Waals surface area (Å²) in [6.45, 7) is -1.17. The standard InChI is InChI=1S/C11H14F2N2O2S/c1-18-10-8(3-2-4-14-10)11(17)15(5-6-16)7-9(12)13/h2-4,9,16H,5-7H2,1H3. The van der Waals surface area contributed by atoms with E-state index in [0.29, 0.717) is 5.03 Å². The van der Waals surface area contributed by atoms with E-state index >= 15 is 0 Å². The predicted molar refractivity (Wildman–Crippen MR) is 65.0 cm³/mol. The number of alkyl halides is 2. The first-order chi connectivity index (χ1) is 8.60.